The van der Waals surface area contributed by atoms with Crippen LogP contribution in [0.1, 0.15) is 42.5 Å². The Morgan fingerprint density at radius 3 is 2.03 bits per heavy atom. The van der Waals surface area contributed by atoms with E-state index in [2.05, 4.69) is 14.8 Å². The van der Waals surface area contributed by atoms with Crippen LogP contribution >= 0.6 is 0 Å². The van der Waals surface area contributed by atoms with Gasteiger partial charge in [-0.1, -0.05) is 0 Å². The molecule has 2 fully saturated rings. The van der Waals surface area contributed by atoms with Crippen molar-refractivity contribution in [2.75, 3.05) is 40.3 Å². The predicted molar refractivity (Wildman–Crippen MR) is 124 cm³/mol. The zero-order valence-corrected chi connectivity index (χ0v) is 21.3. The van der Waals surface area contributed by atoms with E-state index in [-0.39, 0.29) is 17.4 Å². The van der Waals surface area contributed by atoms with Crippen LogP contribution in [0.2, 0.25) is 0 Å². The predicted octanol–water partition coefficient (Wildman–Crippen LogP) is 2.90. The number of carboxylic acids is 2. The molecule has 2 amide bonds. The number of nitrogens with zero attached hydrogens (tertiary/aromatic N) is 4. The summed E-state index contributed by atoms with van der Waals surface area (Å²) in [4.78, 5) is 53.1. The van der Waals surface area contributed by atoms with Crippen LogP contribution in [-0.4, -0.2) is 112 Å². The number of carboxylic acid groups (broad SMARTS) is 2. The summed E-state index contributed by atoms with van der Waals surface area (Å²) in [5, 5.41) is 14.2. The quantitative estimate of drug-likeness (QED) is 0.527. The van der Waals surface area contributed by atoms with E-state index in [1.807, 2.05) is 25.1 Å². The van der Waals surface area contributed by atoms with E-state index in [0.717, 1.165) is 45.3 Å². The number of likely N-dealkylation sites (N-methyl/N-ethyl adjacent to an activating group) is 1. The highest BCUT2D eigenvalue weighted by atomic mass is 19.4. The van der Waals surface area contributed by atoms with Gasteiger partial charge in [0.1, 0.15) is 0 Å². The summed E-state index contributed by atoms with van der Waals surface area (Å²) >= 11 is 0. The summed E-state index contributed by atoms with van der Waals surface area (Å²) in [7, 11) is 4.07. The Balaban J connectivity index is 0.000000449. The van der Waals surface area contributed by atoms with Gasteiger partial charge < -0.3 is 24.9 Å². The standard InChI is InChI=1S/C19H28N4O2.2C2HF3O2/c1-21(2)13-14-23-17(24)6-8-19(23)7-4-11-22(12-9-19)18(25)16-5-3-10-20-15-16;2*3-2(4,5)1(6)7/h3,5,10,15H,4,6-9,11-14H2,1-2H3;2*(H,6,7). The molecule has 3 heterocycles. The second-order valence-electron chi connectivity index (χ2n) is 9.07. The van der Waals surface area contributed by atoms with E-state index in [0.29, 0.717) is 18.5 Å². The Morgan fingerprint density at radius 1 is 1.00 bits per heavy atom. The summed E-state index contributed by atoms with van der Waals surface area (Å²) < 4.78 is 63.5. The molecule has 16 heteroatoms. The molecule has 0 saturated carbocycles. The second kappa shape index (κ2) is 14.1. The van der Waals surface area contributed by atoms with Gasteiger partial charge in [0.25, 0.3) is 5.91 Å². The van der Waals surface area contributed by atoms with Crippen molar-refractivity contribution in [3.63, 3.8) is 0 Å². The van der Waals surface area contributed by atoms with E-state index < -0.39 is 24.3 Å². The number of rotatable bonds is 4. The van der Waals surface area contributed by atoms with Crippen molar-refractivity contribution in [1.29, 1.82) is 0 Å². The average molecular weight is 573 g/mol. The van der Waals surface area contributed by atoms with Crippen molar-refractivity contribution >= 4 is 23.8 Å². The van der Waals surface area contributed by atoms with Crippen LogP contribution in [0, 0.1) is 0 Å². The largest absolute Gasteiger partial charge is 0.490 e. The number of amides is 2. The lowest BCUT2D eigenvalue weighted by molar-refractivity contribution is -0.193. The molecular formula is C23H30F6N4O6. The normalized spacial score (nSPS) is 19.6. The highest BCUT2D eigenvalue weighted by Crippen LogP contribution is 2.39. The average Bonchev–Trinajstić information content (AvgIpc) is 2.99. The number of pyridine rings is 1. The number of halogens is 6. The summed E-state index contributed by atoms with van der Waals surface area (Å²) in [6.45, 7) is 3.12. The first-order valence-electron chi connectivity index (χ1n) is 11.7. The molecule has 1 unspecified atom stereocenters. The summed E-state index contributed by atoms with van der Waals surface area (Å²) in [5.41, 5.74) is 0.585. The monoisotopic (exact) mass is 572 g/mol. The van der Waals surface area contributed by atoms with Gasteiger partial charge >= 0.3 is 24.3 Å². The molecule has 2 N–H and O–H groups in total. The summed E-state index contributed by atoms with van der Waals surface area (Å²) in [6.07, 6.45) is -2.48. The van der Waals surface area contributed by atoms with Gasteiger partial charge in [0.05, 0.1) is 5.56 Å². The highest BCUT2D eigenvalue weighted by Gasteiger charge is 2.45. The lowest BCUT2D eigenvalue weighted by Crippen LogP contribution is -2.49. The fourth-order valence-electron chi connectivity index (χ4n) is 4.11. The highest BCUT2D eigenvalue weighted by molar-refractivity contribution is 5.93. The molecule has 1 aromatic rings. The lowest BCUT2D eigenvalue weighted by atomic mass is 9.87. The zero-order chi connectivity index (χ0) is 30.0. The number of carbonyl (C=O) groups excluding carboxylic acids is 2. The topological polar surface area (TPSA) is 131 Å². The molecule has 0 aliphatic carbocycles. The summed E-state index contributed by atoms with van der Waals surface area (Å²) in [5.74, 6) is -5.19. The number of alkyl halides is 6. The van der Waals surface area contributed by atoms with Gasteiger partial charge in [0.15, 0.2) is 0 Å². The summed E-state index contributed by atoms with van der Waals surface area (Å²) in [6, 6.07) is 3.61. The van der Waals surface area contributed by atoms with Gasteiger partial charge in [-0.15, -0.1) is 0 Å². The number of likely N-dealkylation sites (tertiary alicyclic amines) is 2. The maximum absolute atomic E-state index is 12.7. The van der Waals surface area contributed by atoms with E-state index in [9.17, 15) is 35.9 Å². The SMILES string of the molecule is CN(C)CCN1C(=O)CCC12CCCN(C(=O)c1cccnc1)CC2.O=C(O)C(F)(F)F.O=C(O)C(F)(F)F. The minimum atomic E-state index is -5.08. The van der Waals surface area contributed by atoms with Crippen molar-refractivity contribution < 1.29 is 55.7 Å². The zero-order valence-electron chi connectivity index (χ0n) is 21.3. The number of aliphatic carboxylic acids is 2. The molecule has 220 valence electrons. The first-order valence-corrected chi connectivity index (χ1v) is 11.7. The third-order valence-electron chi connectivity index (χ3n) is 6.05. The first-order chi connectivity index (χ1) is 17.9. The molecule has 2 saturated heterocycles. The Kier molecular flexibility index (Phi) is 12.1. The molecule has 0 aromatic carbocycles. The fourth-order valence-corrected chi connectivity index (χ4v) is 4.11. The van der Waals surface area contributed by atoms with Crippen molar-refractivity contribution in [3.05, 3.63) is 30.1 Å². The number of aromatic nitrogens is 1. The van der Waals surface area contributed by atoms with Crippen molar-refractivity contribution in [2.24, 2.45) is 0 Å². The van der Waals surface area contributed by atoms with Gasteiger partial charge in [-0.25, -0.2) is 9.59 Å². The fraction of sp³-hybridized carbons (Fsp3) is 0.609. The van der Waals surface area contributed by atoms with Crippen molar-refractivity contribution in [2.45, 2.75) is 50.0 Å². The first kappa shape index (κ1) is 33.6. The van der Waals surface area contributed by atoms with Gasteiger partial charge in [0.2, 0.25) is 5.91 Å². The molecule has 0 bridgehead atoms. The third kappa shape index (κ3) is 10.7. The Hall–Kier alpha value is -3.43. The molecule has 10 nitrogen and oxygen atoms in total. The maximum Gasteiger partial charge on any atom is 0.490 e. The van der Waals surface area contributed by atoms with Gasteiger partial charge in [-0.05, 0) is 51.9 Å². The second-order valence-corrected chi connectivity index (χ2v) is 9.07. The van der Waals surface area contributed by atoms with Gasteiger partial charge in [0, 0.05) is 50.5 Å². The van der Waals surface area contributed by atoms with Crippen molar-refractivity contribution in [1.82, 2.24) is 19.7 Å². The Bertz CT molecular complexity index is 966. The van der Waals surface area contributed by atoms with E-state index >= 15 is 0 Å². The number of hydrogen-bond donors (Lipinski definition) is 2. The van der Waals surface area contributed by atoms with Crippen LogP contribution in [0.4, 0.5) is 26.3 Å². The van der Waals surface area contributed by atoms with E-state index in [1.165, 1.54) is 0 Å². The molecule has 0 radical (unpaired) electrons. The Labute approximate surface area is 220 Å². The molecular weight excluding hydrogens is 542 g/mol. The third-order valence-corrected chi connectivity index (χ3v) is 6.05. The minimum Gasteiger partial charge on any atom is -0.475 e. The van der Waals surface area contributed by atoms with E-state index in [4.69, 9.17) is 19.8 Å². The van der Waals surface area contributed by atoms with Gasteiger partial charge in [-0.2, -0.15) is 26.3 Å². The Morgan fingerprint density at radius 2 is 1.56 bits per heavy atom. The van der Waals surface area contributed by atoms with Crippen LogP contribution in [0.3, 0.4) is 0 Å². The minimum absolute atomic E-state index is 0.0503. The molecule has 3 rings (SSSR count). The molecule has 2 aliphatic rings. The maximum atomic E-state index is 12.7. The van der Waals surface area contributed by atoms with Crippen LogP contribution < -0.4 is 0 Å². The molecule has 1 aromatic heterocycles. The molecule has 2 aliphatic heterocycles. The van der Waals surface area contributed by atoms with Crippen LogP contribution in [-0.2, 0) is 14.4 Å². The molecule has 1 spiro atoms. The van der Waals surface area contributed by atoms with E-state index in [1.54, 1.807) is 18.5 Å². The molecule has 1 atom stereocenters. The van der Waals surface area contributed by atoms with Crippen molar-refractivity contribution in [3.8, 4) is 0 Å². The molecule has 39 heavy (non-hydrogen) atoms. The van der Waals surface area contributed by atoms with Crippen LogP contribution in [0.5, 0.6) is 0 Å². The van der Waals surface area contributed by atoms with Crippen LogP contribution in [0.15, 0.2) is 24.5 Å². The lowest BCUT2D eigenvalue weighted by Gasteiger charge is -2.38. The van der Waals surface area contributed by atoms with Gasteiger partial charge in [-0.3, -0.25) is 14.6 Å². The smallest absolute Gasteiger partial charge is 0.475 e. The van der Waals surface area contributed by atoms with Crippen LogP contribution in [0.25, 0.3) is 0 Å². The number of hydrogen-bond acceptors (Lipinski definition) is 6. The number of carbonyl (C=O) groups is 4.